The lowest BCUT2D eigenvalue weighted by Crippen LogP contribution is -2.67. The fraction of sp³-hybridized carbons (Fsp3) is 0.478. The standard InChI is InChI=1S/C23H32O3Si/c1-18-21(26-23(5,6)25-18)17-24-27(22(2,3)4,19-13-9-7-10-14-19)20-15-11-8-12-16-20/h7-16,18,21H,17H2,1-6H3/t18-,21+/m1/s1. The van der Waals surface area contributed by atoms with E-state index in [1.807, 2.05) is 13.8 Å². The maximum absolute atomic E-state index is 6.95. The van der Waals surface area contributed by atoms with Gasteiger partial charge in [0.05, 0.1) is 12.7 Å². The van der Waals surface area contributed by atoms with Crippen molar-refractivity contribution in [2.24, 2.45) is 0 Å². The Labute approximate surface area is 164 Å². The lowest BCUT2D eigenvalue weighted by Gasteiger charge is -2.43. The van der Waals surface area contributed by atoms with Crippen molar-refractivity contribution in [3.63, 3.8) is 0 Å². The lowest BCUT2D eigenvalue weighted by atomic mass is 10.2. The Bertz CT molecular complexity index is 698. The third kappa shape index (κ3) is 4.04. The lowest BCUT2D eigenvalue weighted by molar-refractivity contribution is -0.147. The quantitative estimate of drug-likeness (QED) is 0.726. The van der Waals surface area contributed by atoms with Gasteiger partial charge >= 0.3 is 0 Å². The van der Waals surface area contributed by atoms with Gasteiger partial charge in [0.2, 0.25) is 0 Å². The second kappa shape index (κ2) is 7.51. The zero-order valence-electron chi connectivity index (χ0n) is 17.4. The Morgan fingerprint density at radius 2 is 1.37 bits per heavy atom. The average molecular weight is 385 g/mol. The Morgan fingerprint density at radius 3 is 1.74 bits per heavy atom. The summed E-state index contributed by atoms with van der Waals surface area (Å²) >= 11 is 0. The molecule has 1 fully saturated rings. The zero-order valence-corrected chi connectivity index (χ0v) is 18.4. The van der Waals surface area contributed by atoms with Gasteiger partial charge in [0.1, 0.15) is 6.10 Å². The van der Waals surface area contributed by atoms with E-state index in [0.717, 1.165) is 0 Å². The van der Waals surface area contributed by atoms with E-state index in [2.05, 4.69) is 88.4 Å². The highest BCUT2D eigenvalue weighted by Crippen LogP contribution is 2.38. The first-order valence-electron chi connectivity index (χ1n) is 9.76. The molecule has 0 radical (unpaired) electrons. The average Bonchev–Trinajstić information content (AvgIpc) is 2.88. The summed E-state index contributed by atoms with van der Waals surface area (Å²) in [7, 11) is -2.53. The van der Waals surface area contributed by atoms with E-state index in [1.54, 1.807) is 0 Å². The van der Waals surface area contributed by atoms with Gasteiger partial charge in [-0.1, -0.05) is 81.4 Å². The highest BCUT2D eigenvalue weighted by atomic mass is 28.4. The van der Waals surface area contributed by atoms with Crippen molar-refractivity contribution in [3.05, 3.63) is 60.7 Å². The van der Waals surface area contributed by atoms with Crippen LogP contribution in [0.2, 0.25) is 5.04 Å². The minimum Gasteiger partial charge on any atom is -0.405 e. The molecule has 0 saturated carbocycles. The van der Waals surface area contributed by atoms with Crippen molar-refractivity contribution >= 4 is 18.7 Å². The second-order valence-electron chi connectivity index (χ2n) is 8.85. The van der Waals surface area contributed by atoms with Crippen LogP contribution >= 0.6 is 0 Å². The molecule has 0 N–H and O–H groups in total. The summed E-state index contributed by atoms with van der Waals surface area (Å²) in [6.07, 6.45) is -0.0557. The summed E-state index contributed by atoms with van der Waals surface area (Å²) in [5.74, 6) is -0.557. The molecule has 2 atom stereocenters. The molecule has 1 aliphatic heterocycles. The van der Waals surface area contributed by atoms with E-state index in [4.69, 9.17) is 13.9 Å². The van der Waals surface area contributed by atoms with Gasteiger partial charge in [-0.05, 0) is 36.2 Å². The van der Waals surface area contributed by atoms with Crippen LogP contribution in [-0.4, -0.2) is 32.9 Å². The van der Waals surface area contributed by atoms with Crippen LogP contribution in [0.4, 0.5) is 0 Å². The van der Waals surface area contributed by atoms with Crippen molar-refractivity contribution < 1.29 is 13.9 Å². The first-order chi connectivity index (χ1) is 12.7. The minimum absolute atomic E-state index is 0.0122. The van der Waals surface area contributed by atoms with E-state index in [0.29, 0.717) is 6.61 Å². The number of hydrogen-bond donors (Lipinski definition) is 0. The molecule has 0 bridgehead atoms. The first kappa shape index (κ1) is 20.3. The largest absolute Gasteiger partial charge is 0.405 e. The van der Waals surface area contributed by atoms with Gasteiger partial charge in [-0.25, -0.2) is 0 Å². The predicted octanol–water partition coefficient (Wildman–Crippen LogP) is 4.10. The molecule has 1 saturated heterocycles. The number of rotatable bonds is 5. The molecule has 0 aromatic heterocycles. The third-order valence-electron chi connectivity index (χ3n) is 5.31. The number of hydrogen-bond acceptors (Lipinski definition) is 3. The van der Waals surface area contributed by atoms with Gasteiger partial charge in [-0.15, -0.1) is 0 Å². The van der Waals surface area contributed by atoms with E-state index in [1.165, 1.54) is 10.4 Å². The highest BCUT2D eigenvalue weighted by molar-refractivity contribution is 6.99. The fourth-order valence-corrected chi connectivity index (χ4v) is 8.72. The van der Waals surface area contributed by atoms with Gasteiger partial charge in [-0.2, -0.15) is 0 Å². The van der Waals surface area contributed by atoms with Crippen LogP contribution in [0.3, 0.4) is 0 Å². The zero-order chi connectivity index (χ0) is 19.7. The summed E-state index contributed by atoms with van der Waals surface area (Å²) in [5, 5.41) is 2.54. The fourth-order valence-electron chi connectivity index (χ4n) is 4.15. The molecular weight excluding hydrogens is 352 g/mol. The molecule has 0 aliphatic carbocycles. The number of ether oxygens (including phenoxy) is 2. The SMILES string of the molecule is C[C@H]1OC(C)(C)O[C@H]1CO[Si](c1ccccc1)(c1ccccc1)C(C)(C)C. The summed E-state index contributed by atoms with van der Waals surface area (Å²) in [6, 6.07) is 21.4. The molecule has 0 amide bonds. The summed E-state index contributed by atoms with van der Waals surface area (Å²) in [6.45, 7) is 13.4. The maximum Gasteiger partial charge on any atom is 0.261 e. The van der Waals surface area contributed by atoms with E-state index >= 15 is 0 Å². The van der Waals surface area contributed by atoms with Gasteiger partial charge in [0, 0.05) is 0 Å². The Balaban J connectivity index is 2.02. The molecule has 146 valence electrons. The molecule has 2 aromatic rings. The maximum atomic E-state index is 6.95. The van der Waals surface area contributed by atoms with Crippen molar-refractivity contribution in [1.82, 2.24) is 0 Å². The van der Waals surface area contributed by atoms with E-state index in [9.17, 15) is 0 Å². The molecule has 4 heteroatoms. The molecule has 0 spiro atoms. The molecule has 3 rings (SSSR count). The van der Waals surface area contributed by atoms with Crippen molar-refractivity contribution in [2.75, 3.05) is 6.61 Å². The monoisotopic (exact) mass is 384 g/mol. The van der Waals surface area contributed by atoms with Crippen LogP contribution in [0.5, 0.6) is 0 Å². The van der Waals surface area contributed by atoms with Crippen LogP contribution in [0.1, 0.15) is 41.5 Å². The van der Waals surface area contributed by atoms with Crippen LogP contribution in [0.25, 0.3) is 0 Å². The molecular formula is C23H32O3Si. The summed E-state index contributed by atoms with van der Waals surface area (Å²) < 4.78 is 19.0. The molecule has 1 heterocycles. The Kier molecular flexibility index (Phi) is 5.64. The van der Waals surface area contributed by atoms with Crippen molar-refractivity contribution in [1.29, 1.82) is 0 Å². The Morgan fingerprint density at radius 1 is 0.889 bits per heavy atom. The van der Waals surface area contributed by atoms with Crippen molar-refractivity contribution in [3.8, 4) is 0 Å². The van der Waals surface area contributed by atoms with Crippen LogP contribution in [-0.2, 0) is 13.9 Å². The minimum atomic E-state index is -2.53. The third-order valence-corrected chi connectivity index (χ3v) is 10.3. The van der Waals surface area contributed by atoms with Gasteiger partial charge in [0.15, 0.2) is 5.79 Å². The first-order valence-corrected chi connectivity index (χ1v) is 11.7. The Hall–Kier alpha value is -1.46. The van der Waals surface area contributed by atoms with E-state index in [-0.39, 0.29) is 17.2 Å². The van der Waals surface area contributed by atoms with Gasteiger partial charge in [0.25, 0.3) is 8.32 Å². The van der Waals surface area contributed by atoms with Crippen molar-refractivity contribution in [2.45, 2.75) is 64.6 Å². The smallest absolute Gasteiger partial charge is 0.261 e. The second-order valence-corrected chi connectivity index (χ2v) is 13.2. The van der Waals surface area contributed by atoms with Crippen LogP contribution < -0.4 is 10.4 Å². The van der Waals surface area contributed by atoms with Gasteiger partial charge in [-0.3, -0.25) is 0 Å². The van der Waals surface area contributed by atoms with E-state index < -0.39 is 14.1 Å². The summed E-state index contributed by atoms with van der Waals surface area (Å²) in [4.78, 5) is 0. The van der Waals surface area contributed by atoms with Crippen LogP contribution in [0.15, 0.2) is 60.7 Å². The van der Waals surface area contributed by atoms with Crippen LogP contribution in [0, 0.1) is 0 Å². The predicted molar refractivity (Wildman–Crippen MR) is 113 cm³/mol. The molecule has 2 aromatic carbocycles. The molecule has 27 heavy (non-hydrogen) atoms. The molecule has 3 nitrogen and oxygen atoms in total. The highest BCUT2D eigenvalue weighted by Gasteiger charge is 2.51. The normalized spacial score (nSPS) is 22.7. The molecule has 0 unspecified atom stereocenters. The summed E-state index contributed by atoms with van der Waals surface area (Å²) in [5.41, 5.74) is 0. The van der Waals surface area contributed by atoms with Gasteiger partial charge < -0.3 is 13.9 Å². The number of benzene rings is 2. The molecule has 1 aliphatic rings. The topological polar surface area (TPSA) is 27.7 Å².